The zero-order valence-electron chi connectivity index (χ0n) is 20.2. The lowest BCUT2D eigenvalue weighted by Crippen LogP contribution is -2.50. The highest BCUT2D eigenvalue weighted by Crippen LogP contribution is 2.35. The minimum Gasteiger partial charge on any atom is -0.444 e. The van der Waals surface area contributed by atoms with Gasteiger partial charge in [0.25, 0.3) is 5.91 Å². The third-order valence-corrected chi connectivity index (χ3v) is 7.67. The zero-order chi connectivity index (χ0) is 24.0. The Hall–Kier alpha value is -2.75. The molecule has 2 aromatic rings. The van der Waals surface area contributed by atoms with Gasteiger partial charge in [-0.2, -0.15) is 0 Å². The molecule has 2 saturated heterocycles. The van der Waals surface area contributed by atoms with E-state index in [-0.39, 0.29) is 18.0 Å². The molecule has 9 nitrogen and oxygen atoms in total. The number of aryl methyl sites for hydroxylation is 1. The summed E-state index contributed by atoms with van der Waals surface area (Å²) in [6, 6.07) is 0.0156. The Balaban J connectivity index is 1.34. The first-order chi connectivity index (χ1) is 16.2. The van der Waals surface area contributed by atoms with E-state index in [4.69, 9.17) is 4.74 Å². The monoisotopic (exact) mass is 484 g/mol. The molecule has 0 unspecified atom stereocenters. The van der Waals surface area contributed by atoms with E-state index in [1.807, 2.05) is 49.9 Å². The number of amides is 2. The predicted octanol–water partition coefficient (Wildman–Crippen LogP) is 3.52. The number of carbonyl (C=O) groups is 2. The number of anilines is 1. The van der Waals surface area contributed by atoms with Crippen LogP contribution in [-0.2, 0) is 9.53 Å². The third kappa shape index (κ3) is 4.35. The first kappa shape index (κ1) is 23.0. The number of ether oxygens (including phenoxy) is 1. The van der Waals surface area contributed by atoms with Crippen LogP contribution in [0.1, 0.15) is 39.2 Å². The predicted molar refractivity (Wildman–Crippen MR) is 133 cm³/mol. The maximum absolute atomic E-state index is 13.5. The molecule has 5 rings (SSSR count). The lowest BCUT2D eigenvalue weighted by atomic mass is 9.92. The standard InChI is InChI=1S/C24H32N6O3S/c1-15-10-25-20-19(15)21(27-14-26-20)28-8-9-34-18(13-28)22(31)29-11-16-6-5-7-30(17(16)12-29)23(32)33-24(2,3)4/h10,13-14,16-17H,5-9,11-12H2,1-4H3,(H,25,26,27)/t16-,17+/m1/s1. The summed E-state index contributed by atoms with van der Waals surface area (Å²) in [6.07, 6.45) is 7.10. The van der Waals surface area contributed by atoms with E-state index < -0.39 is 5.60 Å². The third-order valence-electron chi connectivity index (χ3n) is 6.69. The van der Waals surface area contributed by atoms with Gasteiger partial charge < -0.3 is 24.4 Å². The van der Waals surface area contributed by atoms with E-state index in [1.54, 1.807) is 18.1 Å². The van der Waals surface area contributed by atoms with Crippen molar-refractivity contribution in [1.82, 2.24) is 24.8 Å². The summed E-state index contributed by atoms with van der Waals surface area (Å²) in [7, 11) is 0. The van der Waals surface area contributed by atoms with Crippen LogP contribution >= 0.6 is 11.8 Å². The Labute approximate surface area is 203 Å². The highest BCUT2D eigenvalue weighted by molar-refractivity contribution is 8.04. The lowest BCUT2D eigenvalue weighted by Gasteiger charge is -2.37. The molecule has 2 amide bonds. The van der Waals surface area contributed by atoms with Gasteiger partial charge in [-0.25, -0.2) is 14.8 Å². The first-order valence-electron chi connectivity index (χ1n) is 11.9. The summed E-state index contributed by atoms with van der Waals surface area (Å²) in [5.41, 5.74) is 1.35. The lowest BCUT2D eigenvalue weighted by molar-refractivity contribution is -0.125. The fourth-order valence-electron chi connectivity index (χ4n) is 5.15. The van der Waals surface area contributed by atoms with Crippen LogP contribution in [0.3, 0.4) is 0 Å². The van der Waals surface area contributed by atoms with Crippen molar-refractivity contribution in [3.8, 4) is 0 Å². The molecule has 0 aliphatic carbocycles. The van der Waals surface area contributed by atoms with Gasteiger partial charge >= 0.3 is 6.09 Å². The molecular formula is C24H32N6O3S. The highest BCUT2D eigenvalue weighted by Gasteiger charge is 2.44. The molecule has 10 heteroatoms. The summed E-state index contributed by atoms with van der Waals surface area (Å²) < 4.78 is 5.65. The van der Waals surface area contributed by atoms with E-state index in [9.17, 15) is 9.59 Å². The van der Waals surface area contributed by atoms with Crippen molar-refractivity contribution < 1.29 is 14.3 Å². The topological polar surface area (TPSA) is 94.7 Å². The number of nitrogens with zero attached hydrogens (tertiary/aromatic N) is 5. The van der Waals surface area contributed by atoms with Crippen molar-refractivity contribution in [2.75, 3.05) is 36.8 Å². The summed E-state index contributed by atoms with van der Waals surface area (Å²) in [5, 5.41) is 0.984. The maximum atomic E-state index is 13.5. The average molecular weight is 485 g/mol. The number of fused-ring (bicyclic) bond motifs is 2. The van der Waals surface area contributed by atoms with E-state index in [2.05, 4.69) is 19.9 Å². The molecule has 2 aromatic heterocycles. The van der Waals surface area contributed by atoms with Gasteiger partial charge in [0.2, 0.25) is 0 Å². The van der Waals surface area contributed by atoms with Gasteiger partial charge in [-0.05, 0) is 52.0 Å². The van der Waals surface area contributed by atoms with Gasteiger partial charge in [0.1, 0.15) is 23.4 Å². The number of piperidine rings is 1. The number of rotatable bonds is 2. The van der Waals surface area contributed by atoms with E-state index in [0.29, 0.717) is 30.5 Å². The number of likely N-dealkylation sites (tertiary alicyclic amines) is 2. The van der Waals surface area contributed by atoms with Crippen LogP contribution < -0.4 is 4.90 Å². The number of nitrogens with one attached hydrogen (secondary N) is 1. The van der Waals surface area contributed by atoms with Crippen LogP contribution in [0.4, 0.5) is 10.6 Å². The Morgan fingerprint density at radius 1 is 1.21 bits per heavy atom. The molecule has 0 radical (unpaired) electrons. The van der Waals surface area contributed by atoms with Crippen molar-refractivity contribution in [2.45, 2.75) is 52.2 Å². The van der Waals surface area contributed by atoms with E-state index >= 15 is 0 Å². The van der Waals surface area contributed by atoms with Crippen LogP contribution in [0, 0.1) is 12.8 Å². The SMILES string of the molecule is Cc1c[nH]c2ncnc(N3C=C(C(=O)N4C[C@H]5CCCN(C(=O)OC(C)(C)C)[C@H]5C4)SCC3)c12. The number of aromatic nitrogens is 3. The van der Waals surface area contributed by atoms with Crippen LogP contribution in [0.5, 0.6) is 0 Å². The van der Waals surface area contributed by atoms with E-state index in [1.165, 1.54) is 0 Å². The van der Waals surface area contributed by atoms with Gasteiger partial charge in [0.05, 0.1) is 16.3 Å². The zero-order valence-corrected chi connectivity index (χ0v) is 21.0. The second-order valence-electron chi connectivity index (χ2n) is 10.3. The summed E-state index contributed by atoms with van der Waals surface area (Å²) >= 11 is 1.59. The molecule has 3 aliphatic rings. The molecule has 0 aromatic carbocycles. The summed E-state index contributed by atoms with van der Waals surface area (Å²) in [4.78, 5) is 44.9. The van der Waals surface area contributed by atoms with Gasteiger partial charge in [-0.15, -0.1) is 11.8 Å². The first-order valence-corrected chi connectivity index (χ1v) is 12.9. The Morgan fingerprint density at radius 3 is 2.82 bits per heavy atom. The molecule has 0 bridgehead atoms. The minimum absolute atomic E-state index is 0.0156. The number of hydrogen-bond acceptors (Lipinski definition) is 7. The van der Waals surface area contributed by atoms with Crippen molar-refractivity contribution >= 4 is 40.6 Å². The van der Waals surface area contributed by atoms with Crippen molar-refractivity contribution in [2.24, 2.45) is 5.92 Å². The van der Waals surface area contributed by atoms with Crippen LogP contribution in [0.25, 0.3) is 11.0 Å². The van der Waals surface area contributed by atoms with Crippen molar-refractivity contribution in [1.29, 1.82) is 0 Å². The smallest absolute Gasteiger partial charge is 0.410 e. The average Bonchev–Trinajstić information content (AvgIpc) is 3.41. The number of aromatic amines is 1. The van der Waals surface area contributed by atoms with Crippen LogP contribution in [0.15, 0.2) is 23.6 Å². The molecule has 2 fully saturated rings. The molecule has 1 N–H and O–H groups in total. The Morgan fingerprint density at radius 2 is 2.03 bits per heavy atom. The molecular weight excluding hydrogens is 452 g/mol. The molecule has 3 aliphatic heterocycles. The molecule has 5 heterocycles. The van der Waals surface area contributed by atoms with Gasteiger partial charge in [-0.3, -0.25) is 4.79 Å². The Kier molecular flexibility index (Phi) is 5.95. The molecule has 0 spiro atoms. The second-order valence-corrected chi connectivity index (χ2v) is 11.4. The van der Waals surface area contributed by atoms with Gasteiger partial charge in [0, 0.05) is 44.3 Å². The molecule has 0 saturated carbocycles. The molecule has 34 heavy (non-hydrogen) atoms. The normalized spacial score (nSPS) is 23.2. The molecule has 182 valence electrons. The summed E-state index contributed by atoms with van der Waals surface area (Å²) in [6.45, 7) is 10.4. The molecule has 2 atom stereocenters. The van der Waals surface area contributed by atoms with Crippen molar-refractivity contribution in [3.63, 3.8) is 0 Å². The van der Waals surface area contributed by atoms with Crippen LogP contribution in [-0.4, -0.2) is 80.3 Å². The van der Waals surface area contributed by atoms with Crippen molar-refractivity contribution in [3.05, 3.63) is 29.2 Å². The fourth-order valence-corrected chi connectivity index (χ4v) is 6.11. The van der Waals surface area contributed by atoms with Gasteiger partial charge in [-0.1, -0.05) is 0 Å². The number of carbonyl (C=O) groups excluding carboxylic acids is 2. The maximum Gasteiger partial charge on any atom is 0.410 e. The number of thioether (sulfide) groups is 1. The second kappa shape index (κ2) is 8.79. The largest absolute Gasteiger partial charge is 0.444 e. The van der Waals surface area contributed by atoms with E-state index in [0.717, 1.165) is 47.6 Å². The Bertz CT molecular complexity index is 1140. The number of hydrogen-bond donors (Lipinski definition) is 1. The highest BCUT2D eigenvalue weighted by atomic mass is 32.2. The summed E-state index contributed by atoms with van der Waals surface area (Å²) in [5.74, 6) is 1.95. The van der Waals surface area contributed by atoms with Gasteiger partial charge in [0.15, 0.2) is 0 Å². The fraction of sp³-hybridized carbons (Fsp3) is 0.583. The number of H-pyrrole nitrogens is 1. The minimum atomic E-state index is -0.532. The quantitative estimate of drug-likeness (QED) is 0.697. The van der Waals surface area contributed by atoms with Crippen LogP contribution in [0.2, 0.25) is 0 Å².